The van der Waals surface area contributed by atoms with Gasteiger partial charge in [0.2, 0.25) is 0 Å². The number of rotatable bonds is 6. The lowest BCUT2D eigenvalue weighted by Gasteiger charge is -2.19. The Morgan fingerprint density at radius 3 is 2.48 bits per heavy atom. The topological polar surface area (TPSA) is 21.3 Å². The van der Waals surface area contributed by atoms with E-state index in [0.29, 0.717) is 6.04 Å². The standard InChI is InChI=1S/C17H19BrINO/c1-3-20-16(10-12-4-7-14(19)8-5-12)13-6-9-17(21-2)15(18)11-13/h4-9,11,16,20H,3,10H2,1-2H3. The molecule has 2 rings (SSSR count). The predicted octanol–water partition coefficient (Wildman–Crippen LogP) is 4.96. The minimum Gasteiger partial charge on any atom is -0.496 e. The third-order valence-corrected chi connectivity index (χ3v) is 4.72. The number of nitrogens with one attached hydrogen (secondary N) is 1. The smallest absolute Gasteiger partial charge is 0.133 e. The Labute approximate surface area is 148 Å². The van der Waals surface area contributed by atoms with Gasteiger partial charge in [-0.05, 0) is 86.9 Å². The molecule has 1 atom stereocenters. The van der Waals surface area contributed by atoms with Crippen molar-refractivity contribution in [3.63, 3.8) is 0 Å². The minimum absolute atomic E-state index is 0.303. The Kier molecular flexibility index (Phi) is 6.51. The molecular formula is C17H19BrINO. The summed E-state index contributed by atoms with van der Waals surface area (Å²) in [4.78, 5) is 0. The second-order valence-electron chi connectivity index (χ2n) is 4.83. The summed E-state index contributed by atoms with van der Waals surface area (Å²) in [6.07, 6.45) is 0.976. The van der Waals surface area contributed by atoms with Gasteiger partial charge in [0.15, 0.2) is 0 Å². The molecule has 2 nitrogen and oxygen atoms in total. The quantitative estimate of drug-likeness (QED) is 0.616. The van der Waals surface area contributed by atoms with Gasteiger partial charge in [-0.15, -0.1) is 0 Å². The highest BCUT2D eigenvalue weighted by Gasteiger charge is 2.13. The average Bonchev–Trinajstić information content (AvgIpc) is 2.49. The number of benzene rings is 2. The van der Waals surface area contributed by atoms with E-state index in [2.05, 4.69) is 87.2 Å². The second kappa shape index (κ2) is 8.15. The van der Waals surface area contributed by atoms with E-state index in [1.165, 1.54) is 14.7 Å². The summed E-state index contributed by atoms with van der Waals surface area (Å²) in [5.41, 5.74) is 2.61. The summed E-state index contributed by atoms with van der Waals surface area (Å²) < 4.78 is 7.56. The molecule has 2 aromatic carbocycles. The van der Waals surface area contributed by atoms with Gasteiger partial charge in [-0.3, -0.25) is 0 Å². The SMILES string of the molecule is CCNC(Cc1ccc(I)cc1)c1ccc(OC)c(Br)c1. The Morgan fingerprint density at radius 2 is 1.90 bits per heavy atom. The van der Waals surface area contributed by atoms with Gasteiger partial charge in [0, 0.05) is 9.61 Å². The van der Waals surface area contributed by atoms with Crippen molar-refractivity contribution in [2.45, 2.75) is 19.4 Å². The van der Waals surface area contributed by atoms with Crippen molar-refractivity contribution >= 4 is 38.5 Å². The zero-order chi connectivity index (χ0) is 15.2. The number of likely N-dealkylation sites (N-methyl/N-ethyl adjacent to an activating group) is 1. The zero-order valence-electron chi connectivity index (χ0n) is 12.2. The van der Waals surface area contributed by atoms with Crippen molar-refractivity contribution in [3.8, 4) is 5.75 Å². The van der Waals surface area contributed by atoms with Gasteiger partial charge in [-0.25, -0.2) is 0 Å². The molecule has 0 bridgehead atoms. The molecule has 0 saturated carbocycles. The highest BCUT2D eigenvalue weighted by atomic mass is 127. The molecule has 112 valence electrons. The molecule has 0 aromatic heterocycles. The number of hydrogen-bond donors (Lipinski definition) is 1. The minimum atomic E-state index is 0.303. The molecule has 0 saturated heterocycles. The maximum atomic E-state index is 5.30. The lowest BCUT2D eigenvalue weighted by Crippen LogP contribution is -2.23. The van der Waals surface area contributed by atoms with Crippen LogP contribution in [0.25, 0.3) is 0 Å². The first-order valence-electron chi connectivity index (χ1n) is 6.95. The summed E-state index contributed by atoms with van der Waals surface area (Å²) >= 11 is 5.90. The number of ether oxygens (including phenoxy) is 1. The van der Waals surface area contributed by atoms with Crippen LogP contribution in [-0.4, -0.2) is 13.7 Å². The molecule has 2 aromatic rings. The molecule has 0 amide bonds. The van der Waals surface area contributed by atoms with Crippen LogP contribution < -0.4 is 10.1 Å². The molecule has 21 heavy (non-hydrogen) atoms. The molecule has 0 aliphatic rings. The van der Waals surface area contributed by atoms with Crippen LogP contribution in [0.5, 0.6) is 5.75 Å². The van der Waals surface area contributed by atoms with Crippen LogP contribution in [0, 0.1) is 3.57 Å². The first-order chi connectivity index (χ1) is 10.1. The molecule has 0 fully saturated rings. The summed E-state index contributed by atoms with van der Waals surface area (Å²) in [7, 11) is 1.69. The van der Waals surface area contributed by atoms with Gasteiger partial charge in [0.05, 0.1) is 11.6 Å². The Hall–Kier alpha value is -0.590. The number of methoxy groups -OCH3 is 1. The third kappa shape index (κ3) is 4.69. The monoisotopic (exact) mass is 459 g/mol. The van der Waals surface area contributed by atoms with E-state index in [1.807, 2.05) is 6.07 Å². The molecule has 0 heterocycles. The summed E-state index contributed by atoms with van der Waals surface area (Å²) in [5, 5.41) is 3.56. The fraction of sp³-hybridized carbons (Fsp3) is 0.294. The third-order valence-electron chi connectivity index (χ3n) is 3.38. The highest BCUT2D eigenvalue weighted by Crippen LogP contribution is 2.29. The van der Waals surface area contributed by atoms with Gasteiger partial charge in [0.25, 0.3) is 0 Å². The van der Waals surface area contributed by atoms with Crippen molar-refractivity contribution in [3.05, 3.63) is 61.6 Å². The normalized spacial score (nSPS) is 12.2. The first-order valence-corrected chi connectivity index (χ1v) is 8.82. The maximum absolute atomic E-state index is 5.30. The van der Waals surface area contributed by atoms with Crippen molar-refractivity contribution in [2.24, 2.45) is 0 Å². The van der Waals surface area contributed by atoms with Crippen LogP contribution >= 0.6 is 38.5 Å². The summed E-state index contributed by atoms with van der Waals surface area (Å²) in [6.45, 7) is 3.08. The van der Waals surface area contributed by atoms with Crippen molar-refractivity contribution in [1.29, 1.82) is 0 Å². The van der Waals surface area contributed by atoms with Gasteiger partial charge in [-0.1, -0.05) is 25.1 Å². The number of halogens is 2. The molecule has 0 aliphatic carbocycles. The Bertz CT molecular complexity index is 586. The van der Waals surface area contributed by atoms with Crippen molar-refractivity contribution in [2.75, 3.05) is 13.7 Å². The van der Waals surface area contributed by atoms with Gasteiger partial charge >= 0.3 is 0 Å². The Morgan fingerprint density at radius 1 is 1.19 bits per heavy atom. The van der Waals surface area contributed by atoms with E-state index in [-0.39, 0.29) is 0 Å². The highest BCUT2D eigenvalue weighted by molar-refractivity contribution is 14.1. The maximum Gasteiger partial charge on any atom is 0.133 e. The van der Waals surface area contributed by atoms with Crippen LogP contribution in [0.15, 0.2) is 46.9 Å². The van der Waals surface area contributed by atoms with Gasteiger partial charge in [0.1, 0.15) is 5.75 Å². The van der Waals surface area contributed by atoms with Crippen LogP contribution in [0.1, 0.15) is 24.1 Å². The van der Waals surface area contributed by atoms with Crippen molar-refractivity contribution < 1.29 is 4.74 Å². The fourth-order valence-electron chi connectivity index (χ4n) is 2.31. The van der Waals surface area contributed by atoms with Crippen LogP contribution in [0.3, 0.4) is 0 Å². The predicted molar refractivity (Wildman–Crippen MR) is 100.0 cm³/mol. The molecule has 1 N–H and O–H groups in total. The summed E-state index contributed by atoms with van der Waals surface area (Å²) in [5.74, 6) is 0.864. The van der Waals surface area contributed by atoms with Gasteiger partial charge in [-0.2, -0.15) is 0 Å². The van der Waals surface area contributed by atoms with Crippen LogP contribution in [0.2, 0.25) is 0 Å². The zero-order valence-corrected chi connectivity index (χ0v) is 15.9. The van der Waals surface area contributed by atoms with E-state index < -0.39 is 0 Å². The molecule has 1 unspecified atom stereocenters. The van der Waals surface area contributed by atoms with E-state index in [0.717, 1.165) is 23.2 Å². The lowest BCUT2D eigenvalue weighted by molar-refractivity contribution is 0.411. The fourth-order valence-corrected chi connectivity index (χ4v) is 3.23. The first kappa shape index (κ1) is 16.8. The average molecular weight is 460 g/mol. The largest absolute Gasteiger partial charge is 0.496 e. The Balaban J connectivity index is 2.21. The summed E-state index contributed by atoms with van der Waals surface area (Å²) in [6, 6.07) is 15.3. The molecule has 4 heteroatoms. The number of hydrogen-bond acceptors (Lipinski definition) is 2. The van der Waals surface area contributed by atoms with E-state index in [1.54, 1.807) is 7.11 Å². The molecule has 0 aliphatic heterocycles. The van der Waals surface area contributed by atoms with Crippen molar-refractivity contribution in [1.82, 2.24) is 5.32 Å². The van der Waals surface area contributed by atoms with E-state index in [9.17, 15) is 0 Å². The molecule has 0 spiro atoms. The van der Waals surface area contributed by atoms with Crippen LogP contribution in [0.4, 0.5) is 0 Å². The van der Waals surface area contributed by atoms with Gasteiger partial charge < -0.3 is 10.1 Å². The van der Waals surface area contributed by atoms with E-state index >= 15 is 0 Å². The second-order valence-corrected chi connectivity index (χ2v) is 6.93. The molecular weight excluding hydrogens is 441 g/mol. The van der Waals surface area contributed by atoms with E-state index in [4.69, 9.17) is 4.74 Å². The molecule has 0 radical (unpaired) electrons. The lowest BCUT2D eigenvalue weighted by atomic mass is 9.99. The van der Waals surface area contributed by atoms with Crippen LogP contribution in [-0.2, 0) is 6.42 Å².